The zero-order chi connectivity index (χ0) is 11.8. The summed E-state index contributed by atoms with van der Waals surface area (Å²) in [6.45, 7) is 0. The van der Waals surface area contributed by atoms with E-state index in [0.29, 0.717) is 18.6 Å². The number of methoxy groups -OCH3 is 1. The molecule has 1 aliphatic rings. The maximum absolute atomic E-state index is 11.2. The largest absolute Gasteiger partial charge is 0.496 e. The van der Waals surface area contributed by atoms with Crippen LogP contribution in [0.3, 0.4) is 0 Å². The number of benzene rings is 1. The normalized spacial score (nSPS) is 16.9. The number of carboxylic acid groups (broad SMARTS) is 1. The zero-order valence-electron chi connectivity index (χ0n) is 9.32. The second-order valence-electron chi connectivity index (χ2n) is 3.95. The predicted octanol–water partition coefficient (Wildman–Crippen LogP) is 2.53. The molecule has 0 aromatic heterocycles. The standard InChI is InChI=1S/C12H14O3S/c1-15-10-7-8(16-2)3-4-9(10)12(5-6-12)11(13)14/h3-4,7H,5-6H2,1-2H3,(H,13,14). The van der Waals surface area contributed by atoms with Crippen LogP contribution in [0.4, 0.5) is 0 Å². The van der Waals surface area contributed by atoms with Gasteiger partial charge in [0.25, 0.3) is 0 Å². The summed E-state index contributed by atoms with van der Waals surface area (Å²) in [5.74, 6) is -0.0607. The van der Waals surface area contributed by atoms with Crippen molar-refractivity contribution in [1.29, 1.82) is 0 Å². The molecule has 1 fully saturated rings. The van der Waals surface area contributed by atoms with Gasteiger partial charge in [0.2, 0.25) is 0 Å². The molecular weight excluding hydrogens is 224 g/mol. The molecule has 0 spiro atoms. The third-order valence-electron chi connectivity index (χ3n) is 3.08. The van der Waals surface area contributed by atoms with Gasteiger partial charge in [-0.05, 0) is 31.2 Å². The summed E-state index contributed by atoms with van der Waals surface area (Å²) in [4.78, 5) is 12.3. The van der Waals surface area contributed by atoms with Gasteiger partial charge in [-0.3, -0.25) is 4.79 Å². The van der Waals surface area contributed by atoms with E-state index in [0.717, 1.165) is 10.5 Å². The van der Waals surface area contributed by atoms with Crippen molar-refractivity contribution in [2.75, 3.05) is 13.4 Å². The number of rotatable bonds is 4. The molecule has 0 radical (unpaired) electrons. The number of hydrogen-bond donors (Lipinski definition) is 1. The number of carboxylic acids is 1. The summed E-state index contributed by atoms with van der Waals surface area (Å²) in [6, 6.07) is 5.74. The summed E-state index contributed by atoms with van der Waals surface area (Å²) in [6.07, 6.45) is 3.40. The van der Waals surface area contributed by atoms with Gasteiger partial charge in [0.1, 0.15) is 5.75 Å². The van der Waals surface area contributed by atoms with Gasteiger partial charge in [0.05, 0.1) is 12.5 Å². The predicted molar refractivity (Wildman–Crippen MR) is 63.3 cm³/mol. The fourth-order valence-electron chi connectivity index (χ4n) is 1.92. The van der Waals surface area contributed by atoms with Gasteiger partial charge in [0, 0.05) is 10.5 Å². The average molecular weight is 238 g/mol. The van der Waals surface area contributed by atoms with Gasteiger partial charge in [-0.2, -0.15) is 0 Å². The fraction of sp³-hybridized carbons (Fsp3) is 0.417. The number of carbonyl (C=O) groups is 1. The van der Waals surface area contributed by atoms with Crippen LogP contribution in [0.15, 0.2) is 23.1 Å². The van der Waals surface area contributed by atoms with Gasteiger partial charge >= 0.3 is 5.97 Å². The summed E-state index contributed by atoms with van der Waals surface area (Å²) in [5, 5.41) is 9.24. The van der Waals surface area contributed by atoms with E-state index in [1.807, 2.05) is 24.5 Å². The molecule has 1 aromatic carbocycles. The summed E-state index contributed by atoms with van der Waals surface area (Å²) < 4.78 is 5.29. The van der Waals surface area contributed by atoms with Crippen LogP contribution in [0.1, 0.15) is 18.4 Å². The lowest BCUT2D eigenvalue weighted by molar-refractivity contribution is -0.140. The lowest BCUT2D eigenvalue weighted by Crippen LogP contribution is -2.20. The molecule has 86 valence electrons. The van der Waals surface area contributed by atoms with Crippen molar-refractivity contribution >= 4 is 17.7 Å². The molecule has 1 saturated carbocycles. The molecular formula is C12H14O3S. The maximum atomic E-state index is 11.2. The van der Waals surface area contributed by atoms with Crippen LogP contribution >= 0.6 is 11.8 Å². The van der Waals surface area contributed by atoms with Gasteiger partial charge in [-0.25, -0.2) is 0 Å². The SMILES string of the molecule is COc1cc(SC)ccc1C1(C(=O)O)CC1. The van der Waals surface area contributed by atoms with Crippen LogP contribution in [-0.2, 0) is 10.2 Å². The Morgan fingerprint density at radius 1 is 1.50 bits per heavy atom. The van der Waals surface area contributed by atoms with Crippen LogP contribution in [0.25, 0.3) is 0 Å². The van der Waals surface area contributed by atoms with E-state index >= 15 is 0 Å². The Hall–Kier alpha value is -1.16. The molecule has 1 aliphatic carbocycles. The first-order valence-electron chi connectivity index (χ1n) is 5.10. The molecule has 1 N–H and O–H groups in total. The van der Waals surface area contributed by atoms with Crippen molar-refractivity contribution in [2.45, 2.75) is 23.2 Å². The summed E-state index contributed by atoms with van der Waals surface area (Å²) in [5.41, 5.74) is 0.114. The minimum atomic E-state index is -0.747. The lowest BCUT2D eigenvalue weighted by Gasteiger charge is -2.15. The summed E-state index contributed by atoms with van der Waals surface area (Å²) >= 11 is 1.62. The molecule has 0 bridgehead atoms. The minimum Gasteiger partial charge on any atom is -0.496 e. The Bertz CT molecular complexity index is 424. The number of ether oxygens (including phenoxy) is 1. The minimum absolute atomic E-state index is 0.687. The first kappa shape index (κ1) is 11.3. The molecule has 0 aliphatic heterocycles. The molecule has 2 rings (SSSR count). The highest BCUT2D eigenvalue weighted by molar-refractivity contribution is 7.98. The van der Waals surface area contributed by atoms with Crippen LogP contribution in [-0.4, -0.2) is 24.4 Å². The van der Waals surface area contributed by atoms with Gasteiger partial charge in [-0.15, -0.1) is 11.8 Å². The van der Waals surface area contributed by atoms with E-state index in [1.165, 1.54) is 0 Å². The van der Waals surface area contributed by atoms with E-state index in [1.54, 1.807) is 18.9 Å². The summed E-state index contributed by atoms with van der Waals surface area (Å²) in [7, 11) is 1.58. The second kappa shape index (κ2) is 4.01. The Labute approximate surface area is 98.8 Å². The molecule has 16 heavy (non-hydrogen) atoms. The fourth-order valence-corrected chi connectivity index (χ4v) is 2.35. The Kier molecular flexibility index (Phi) is 2.84. The second-order valence-corrected chi connectivity index (χ2v) is 4.83. The van der Waals surface area contributed by atoms with Gasteiger partial charge < -0.3 is 9.84 Å². The van der Waals surface area contributed by atoms with E-state index in [2.05, 4.69) is 0 Å². The molecule has 4 heteroatoms. The molecule has 0 unspecified atom stereocenters. The first-order chi connectivity index (χ1) is 7.64. The quantitative estimate of drug-likeness (QED) is 0.819. The van der Waals surface area contributed by atoms with E-state index in [9.17, 15) is 9.90 Å². The van der Waals surface area contributed by atoms with Crippen LogP contribution < -0.4 is 4.74 Å². The Balaban J connectivity index is 2.45. The molecule has 3 nitrogen and oxygen atoms in total. The maximum Gasteiger partial charge on any atom is 0.314 e. The van der Waals surface area contributed by atoms with Crippen molar-refractivity contribution in [3.63, 3.8) is 0 Å². The van der Waals surface area contributed by atoms with E-state index in [4.69, 9.17) is 4.74 Å². The van der Waals surface area contributed by atoms with E-state index < -0.39 is 11.4 Å². The highest BCUT2D eigenvalue weighted by Gasteiger charge is 2.53. The topological polar surface area (TPSA) is 46.5 Å². The van der Waals surface area contributed by atoms with Crippen molar-refractivity contribution in [1.82, 2.24) is 0 Å². The third-order valence-corrected chi connectivity index (χ3v) is 3.81. The average Bonchev–Trinajstić information content (AvgIpc) is 3.09. The van der Waals surface area contributed by atoms with Crippen molar-refractivity contribution in [3.8, 4) is 5.75 Å². The smallest absolute Gasteiger partial charge is 0.314 e. The molecule has 0 amide bonds. The van der Waals surface area contributed by atoms with Crippen LogP contribution in [0.5, 0.6) is 5.75 Å². The number of aliphatic carboxylic acids is 1. The van der Waals surface area contributed by atoms with Gasteiger partial charge in [0.15, 0.2) is 0 Å². The molecule has 0 saturated heterocycles. The Morgan fingerprint density at radius 3 is 2.62 bits per heavy atom. The van der Waals surface area contributed by atoms with Crippen molar-refractivity contribution in [2.24, 2.45) is 0 Å². The molecule has 1 aromatic rings. The lowest BCUT2D eigenvalue weighted by atomic mass is 9.95. The first-order valence-corrected chi connectivity index (χ1v) is 6.32. The zero-order valence-corrected chi connectivity index (χ0v) is 10.1. The Morgan fingerprint density at radius 2 is 2.19 bits per heavy atom. The monoisotopic (exact) mass is 238 g/mol. The third kappa shape index (κ3) is 1.67. The van der Waals surface area contributed by atoms with E-state index in [-0.39, 0.29) is 0 Å². The highest BCUT2D eigenvalue weighted by atomic mass is 32.2. The number of hydrogen-bond acceptors (Lipinski definition) is 3. The van der Waals surface area contributed by atoms with Crippen LogP contribution in [0.2, 0.25) is 0 Å². The van der Waals surface area contributed by atoms with Crippen molar-refractivity contribution < 1.29 is 14.6 Å². The number of thioether (sulfide) groups is 1. The van der Waals surface area contributed by atoms with Crippen molar-refractivity contribution in [3.05, 3.63) is 23.8 Å². The van der Waals surface area contributed by atoms with Gasteiger partial charge in [-0.1, -0.05) is 6.07 Å². The molecule has 0 atom stereocenters. The molecule has 0 heterocycles. The highest BCUT2D eigenvalue weighted by Crippen LogP contribution is 2.51. The van der Waals surface area contributed by atoms with Crippen LogP contribution in [0, 0.1) is 0 Å².